The van der Waals surface area contributed by atoms with Gasteiger partial charge in [-0.1, -0.05) is 24.3 Å². The van der Waals surface area contributed by atoms with Crippen LogP contribution in [0, 0.1) is 6.92 Å². The molecule has 2 heterocycles. The minimum atomic E-state index is 0. The molecule has 0 radical (unpaired) electrons. The number of rotatable bonds is 1. The van der Waals surface area contributed by atoms with Crippen molar-refractivity contribution >= 4 is 24.8 Å². The Morgan fingerprint density at radius 1 is 1.21 bits per heavy atom. The highest BCUT2D eigenvalue weighted by molar-refractivity contribution is 5.85. The van der Waals surface area contributed by atoms with E-state index in [1.807, 2.05) is 17.9 Å². The lowest BCUT2D eigenvalue weighted by Crippen LogP contribution is -2.28. The number of hydrogen-bond acceptors (Lipinski definition) is 2. The lowest BCUT2D eigenvalue weighted by Gasteiger charge is -2.26. The van der Waals surface area contributed by atoms with Gasteiger partial charge in [-0.2, -0.15) is 5.10 Å². The molecule has 3 rings (SSSR count). The molecule has 3 nitrogen and oxygen atoms in total. The van der Waals surface area contributed by atoms with Gasteiger partial charge in [-0.05, 0) is 18.1 Å². The van der Waals surface area contributed by atoms with Crippen LogP contribution in [0.15, 0.2) is 30.5 Å². The number of hydrogen-bond donors (Lipinski definition) is 1. The van der Waals surface area contributed by atoms with E-state index in [4.69, 9.17) is 0 Å². The highest BCUT2D eigenvalue weighted by Gasteiger charge is 2.23. The summed E-state index contributed by atoms with van der Waals surface area (Å²) in [6.07, 6.45) is 2.00. The highest BCUT2D eigenvalue weighted by Crippen LogP contribution is 2.31. The SMILES string of the molecule is Cc1c(C2CNCc3ccccc32)cnn1C.Cl.Cl. The average molecular weight is 300 g/mol. The Morgan fingerprint density at radius 3 is 2.63 bits per heavy atom. The first-order valence-electron chi connectivity index (χ1n) is 6.04. The maximum atomic E-state index is 4.35. The van der Waals surface area contributed by atoms with Crippen LogP contribution >= 0.6 is 24.8 Å². The van der Waals surface area contributed by atoms with Crippen molar-refractivity contribution < 1.29 is 0 Å². The van der Waals surface area contributed by atoms with Gasteiger partial charge in [0.1, 0.15) is 0 Å². The predicted octanol–water partition coefficient (Wildman–Crippen LogP) is 2.81. The Morgan fingerprint density at radius 2 is 1.95 bits per heavy atom. The van der Waals surface area contributed by atoms with Crippen LogP contribution in [0.5, 0.6) is 0 Å². The van der Waals surface area contributed by atoms with Gasteiger partial charge in [0.2, 0.25) is 0 Å². The second-order valence-electron chi connectivity index (χ2n) is 4.69. The van der Waals surface area contributed by atoms with Crippen molar-refractivity contribution in [2.45, 2.75) is 19.4 Å². The Bertz CT molecular complexity index is 551. The number of benzene rings is 1. The van der Waals surface area contributed by atoms with Crippen LogP contribution in [0.25, 0.3) is 0 Å². The molecule has 1 aromatic carbocycles. The number of fused-ring (bicyclic) bond motifs is 1. The first-order valence-corrected chi connectivity index (χ1v) is 6.04. The molecule has 0 fully saturated rings. The van der Waals surface area contributed by atoms with E-state index in [9.17, 15) is 0 Å². The van der Waals surface area contributed by atoms with Crippen molar-refractivity contribution in [2.24, 2.45) is 7.05 Å². The monoisotopic (exact) mass is 299 g/mol. The standard InChI is InChI=1S/C14H17N3.2ClH/c1-10-13(9-16-17(10)2)14-8-15-7-11-5-3-4-6-12(11)14;;/h3-6,9,14-15H,7-8H2,1-2H3;2*1H. The smallest absolute Gasteiger partial charge is 0.0531 e. The van der Waals surface area contributed by atoms with Crippen LogP contribution in [0.1, 0.15) is 28.3 Å². The molecule has 0 saturated carbocycles. The Labute approximate surface area is 126 Å². The van der Waals surface area contributed by atoms with Crippen LogP contribution in [0.3, 0.4) is 0 Å². The molecule has 2 aromatic rings. The van der Waals surface area contributed by atoms with E-state index in [2.05, 4.69) is 41.6 Å². The molecule has 0 aliphatic carbocycles. The molecule has 5 heteroatoms. The summed E-state index contributed by atoms with van der Waals surface area (Å²) in [7, 11) is 2.00. The molecule has 0 spiro atoms. The summed E-state index contributed by atoms with van der Waals surface area (Å²) in [6, 6.07) is 8.69. The molecule has 1 unspecified atom stereocenters. The van der Waals surface area contributed by atoms with Crippen LogP contribution in [0.2, 0.25) is 0 Å². The second-order valence-corrected chi connectivity index (χ2v) is 4.69. The molecule has 1 atom stereocenters. The van der Waals surface area contributed by atoms with Gasteiger partial charge in [0.15, 0.2) is 0 Å². The molecule has 0 amide bonds. The third-order valence-electron chi connectivity index (χ3n) is 3.74. The number of nitrogens with one attached hydrogen (secondary N) is 1. The van der Waals surface area contributed by atoms with Gasteiger partial charge >= 0.3 is 0 Å². The van der Waals surface area contributed by atoms with Crippen molar-refractivity contribution in [1.29, 1.82) is 0 Å². The van der Waals surface area contributed by atoms with Crippen molar-refractivity contribution in [1.82, 2.24) is 15.1 Å². The molecule has 19 heavy (non-hydrogen) atoms. The molecular formula is C14H19Cl2N3. The lowest BCUT2D eigenvalue weighted by molar-refractivity contribution is 0.588. The maximum absolute atomic E-state index is 4.35. The van der Waals surface area contributed by atoms with Crippen LogP contribution < -0.4 is 5.32 Å². The molecule has 1 N–H and O–H groups in total. The summed E-state index contributed by atoms with van der Waals surface area (Å²) in [5.74, 6) is 0.439. The fourth-order valence-corrected chi connectivity index (χ4v) is 2.63. The molecule has 0 saturated heterocycles. The van der Waals surface area contributed by atoms with Crippen LogP contribution in [0.4, 0.5) is 0 Å². The van der Waals surface area contributed by atoms with E-state index in [1.54, 1.807) is 0 Å². The maximum Gasteiger partial charge on any atom is 0.0531 e. The van der Waals surface area contributed by atoms with E-state index in [0.717, 1.165) is 13.1 Å². The molecule has 0 bridgehead atoms. The van der Waals surface area contributed by atoms with Crippen LogP contribution in [-0.4, -0.2) is 16.3 Å². The van der Waals surface area contributed by atoms with E-state index < -0.39 is 0 Å². The fourth-order valence-electron chi connectivity index (χ4n) is 2.63. The summed E-state index contributed by atoms with van der Waals surface area (Å²) in [5.41, 5.74) is 5.45. The summed E-state index contributed by atoms with van der Waals surface area (Å²) < 4.78 is 1.95. The summed E-state index contributed by atoms with van der Waals surface area (Å²) in [5, 5.41) is 7.84. The van der Waals surface area contributed by atoms with Crippen molar-refractivity contribution in [3.05, 3.63) is 52.8 Å². The molecule has 1 aromatic heterocycles. The van der Waals surface area contributed by atoms with Gasteiger partial charge in [0.25, 0.3) is 0 Å². The summed E-state index contributed by atoms with van der Waals surface area (Å²) in [4.78, 5) is 0. The Kier molecular flexibility index (Phi) is 5.41. The van der Waals surface area contributed by atoms with Crippen molar-refractivity contribution in [3.63, 3.8) is 0 Å². The van der Waals surface area contributed by atoms with Gasteiger partial charge in [-0.3, -0.25) is 4.68 Å². The predicted molar refractivity (Wildman–Crippen MR) is 82.4 cm³/mol. The van der Waals surface area contributed by atoms with Crippen molar-refractivity contribution in [3.8, 4) is 0 Å². The highest BCUT2D eigenvalue weighted by atomic mass is 35.5. The molecule has 1 aliphatic rings. The van der Waals surface area contributed by atoms with E-state index in [1.165, 1.54) is 22.4 Å². The first kappa shape index (κ1) is 16.0. The molecule has 104 valence electrons. The zero-order valence-corrected chi connectivity index (χ0v) is 12.7. The zero-order chi connectivity index (χ0) is 11.8. The minimum absolute atomic E-state index is 0. The topological polar surface area (TPSA) is 29.9 Å². The number of aryl methyl sites for hydroxylation is 1. The lowest BCUT2D eigenvalue weighted by atomic mass is 9.86. The summed E-state index contributed by atoms with van der Waals surface area (Å²) >= 11 is 0. The Hall–Kier alpha value is -1.03. The van der Waals surface area contributed by atoms with E-state index in [0.29, 0.717) is 5.92 Å². The van der Waals surface area contributed by atoms with Crippen molar-refractivity contribution in [2.75, 3.05) is 6.54 Å². The van der Waals surface area contributed by atoms with Gasteiger partial charge < -0.3 is 5.32 Å². The van der Waals surface area contributed by atoms with Crippen LogP contribution in [-0.2, 0) is 13.6 Å². The number of aromatic nitrogens is 2. The zero-order valence-electron chi connectivity index (χ0n) is 11.1. The molecule has 1 aliphatic heterocycles. The van der Waals surface area contributed by atoms with E-state index in [-0.39, 0.29) is 24.8 Å². The second kappa shape index (κ2) is 6.42. The first-order chi connectivity index (χ1) is 8.27. The minimum Gasteiger partial charge on any atom is -0.312 e. The normalized spacial score (nSPS) is 17.1. The van der Waals surface area contributed by atoms with Gasteiger partial charge in [0.05, 0.1) is 6.20 Å². The number of nitrogens with zero attached hydrogens (tertiary/aromatic N) is 2. The average Bonchev–Trinajstić information content (AvgIpc) is 2.69. The number of halogens is 2. The molecular weight excluding hydrogens is 281 g/mol. The summed E-state index contributed by atoms with van der Waals surface area (Å²) in [6.45, 7) is 4.12. The fraction of sp³-hybridized carbons (Fsp3) is 0.357. The van der Waals surface area contributed by atoms with Gasteiger partial charge in [-0.15, -0.1) is 24.8 Å². The third-order valence-corrected chi connectivity index (χ3v) is 3.74. The third kappa shape index (κ3) is 2.78. The Balaban J connectivity index is 0.000000902. The van der Waals surface area contributed by atoms with E-state index >= 15 is 0 Å². The quantitative estimate of drug-likeness (QED) is 0.877. The largest absolute Gasteiger partial charge is 0.312 e. The van der Waals surface area contributed by atoms with Gasteiger partial charge in [-0.25, -0.2) is 0 Å². The van der Waals surface area contributed by atoms with Gasteiger partial charge in [0, 0.05) is 37.3 Å².